The average Bonchev–Trinajstić information content (AvgIpc) is 3.47. The third-order valence-corrected chi connectivity index (χ3v) is 7.52. The molecule has 1 aliphatic heterocycles. The summed E-state index contributed by atoms with van der Waals surface area (Å²) in [5.74, 6) is 0.512. The van der Waals surface area contributed by atoms with Crippen LogP contribution in [0.5, 0.6) is 0 Å². The van der Waals surface area contributed by atoms with E-state index in [1.165, 1.54) is 11.1 Å². The number of amides is 3. The average molecular weight is 540 g/mol. The van der Waals surface area contributed by atoms with Crippen LogP contribution < -0.4 is 5.32 Å². The van der Waals surface area contributed by atoms with Crippen LogP contribution in [0.4, 0.5) is 23.7 Å². The highest BCUT2D eigenvalue weighted by Crippen LogP contribution is 2.50. The second kappa shape index (κ2) is 8.82. The summed E-state index contributed by atoms with van der Waals surface area (Å²) in [4.78, 5) is 32.6. The Hall–Kier alpha value is -4.42. The molecule has 2 aliphatic rings. The molecule has 0 unspecified atom stereocenters. The molecule has 4 aromatic rings. The number of anilines is 1. The lowest BCUT2D eigenvalue weighted by Crippen LogP contribution is -2.67. The van der Waals surface area contributed by atoms with E-state index in [9.17, 15) is 22.8 Å². The summed E-state index contributed by atoms with van der Waals surface area (Å²) >= 11 is 0. The van der Waals surface area contributed by atoms with Gasteiger partial charge in [-0.2, -0.15) is 18.3 Å². The summed E-state index contributed by atoms with van der Waals surface area (Å²) in [5, 5.41) is 10.7. The molecule has 10 nitrogen and oxygen atoms in total. The Bertz CT molecular complexity index is 1580. The molecular weight excluding hydrogens is 515 g/mol. The van der Waals surface area contributed by atoms with Gasteiger partial charge >= 0.3 is 12.2 Å². The van der Waals surface area contributed by atoms with Crippen molar-refractivity contribution in [3.8, 4) is 11.3 Å². The van der Waals surface area contributed by atoms with Crippen LogP contribution in [0.1, 0.15) is 34.5 Å². The van der Waals surface area contributed by atoms with Crippen LogP contribution in [0, 0.1) is 12.3 Å². The van der Waals surface area contributed by atoms with Crippen molar-refractivity contribution >= 4 is 23.1 Å². The molecule has 1 spiro atoms. The first kappa shape index (κ1) is 24.9. The van der Waals surface area contributed by atoms with Gasteiger partial charge in [-0.15, -0.1) is 0 Å². The first-order chi connectivity index (χ1) is 18.5. The van der Waals surface area contributed by atoms with E-state index in [-0.39, 0.29) is 23.1 Å². The number of carbonyl (C=O) groups excluding carboxylic acids is 2. The van der Waals surface area contributed by atoms with Crippen LogP contribution >= 0.6 is 0 Å². The van der Waals surface area contributed by atoms with Gasteiger partial charge in [0.2, 0.25) is 0 Å². The minimum absolute atomic E-state index is 0.0207. The molecule has 1 N–H and O–H groups in total. The molecule has 1 saturated heterocycles. The molecule has 0 radical (unpaired) electrons. The Balaban J connectivity index is 1.04. The van der Waals surface area contributed by atoms with Crippen molar-refractivity contribution in [2.24, 2.45) is 5.41 Å². The van der Waals surface area contributed by atoms with E-state index < -0.39 is 17.8 Å². The maximum Gasteiger partial charge on any atom is 0.417 e. The predicted molar refractivity (Wildman–Crippen MR) is 133 cm³/mol. The standard InChI is InChI=1S/C26H24F3N7O3/c1-15-5-22(39-33-15)16-3-4-21-20(11-31-36(21)12-16)23(37)35-13-25(14-35)7-19(8-25)34(2)24(38)32-18-6-17(9-30-10-18)26(27,28)29/h3-6,9-12,19H,7-8,13-14H2,1-2H3,(H,32,38). The monoisotopic (exact) mass is 539 g/mol. The third-order valence-electron chi connectivity index (χ3n) is 7.52. The third kappa shape index (κ3) is 4.47. The van der Waals surface area contributed by atoms with Gasteiger partial charge in [0.15, 0.2) is 5.76 Å². The largest absolute Gasteiger partial charge is 0.417 e. The van der Waals surface area contributed by atoms with Gasteiger partial charge < -0.3 is 19.6 Å². The highest BCUT2D eigenvalue weighted by Gasteiger charge is 2.55. The fourth-order valence-corrected chi connectivity index (χ4v) is 5.38. The van der Waals surface area contributed by atoms with E-state index in [1.54, 1.807) is 28.9 Å². The summed E-state index contributed by atoms with van der Waals surface area (Å²) in [6, 6.07) is 5.79. The highest BCUT2D eigenvalue weighted by atomic mass is 19.4. The van der Waals surface area contributed by atoms with Gasteiger partial charge in [-0.25, -0.2) is 9.31 Å². The lowest BCUT2D eigenvalue weighted by atomic mass is 9.60. The van der Waals surface area contributed by atoms with Crippen molar-refractivity contribution in [1.82, 2.24) is 29.6 Å². The topological polar surface area (TPSA) is 109 Å². The van der Waals surface area contributed by atoms with Crippen molar-refractivity contribution in [3.05, 3.63) is 65.9 Å². The van der Waals surface area contributed by atoms with Crippen molar-refractivity contribution < 1.29 is 27.3 Å². The molecule has 3 amide bonds. The van der Waals surface area contributed by atoms with Gasteiger partial charge in [-0.05, 0) is 38.0 Å². The summed E-state index contributed by atoms with van der Waals surface area (Å²) in [5.41, 5.74) is 1.75. The summed E-state index contributed by atoms with van der Waals surface area (Å²) in [6.07, 6.45) is 2.10. The van der Waals surface area contributed by atoms with E-state index in [0.29, 0.717) is 49.0 Å². The van der Waals surface area contributed by atoms with Crippen LogP contribution in [0.3, 0.4) is 0 Å². The number of aryl methyl sites for hydroxylation is 1. The van der Waals surface area contributed by atoms with Gasteiger partial charge in [-0.1, -0.05) is 5.16 Å². The number of carbonyl (C=O) groups is 2. The van der Waals surface area contributed by atoms with Crippen LogP contribution in [-0.4, -0.2) is 67.7 Å². The minimum atomic E-state index is -4.54. The zero-order chi connectivity index (χ0) is 27.5. The van der Waals surface area contributed by atoms with E-state index in [2.05, 4.69) is 20.6 Å². The zero-order valence-electron chi connectivity index (χ0n) is 21.1. The molecular formula is C26H24F3N7O3. The Labute approximate surface area is 220 Å². The normalized spacial score (nSPS) is 16.7. The molecule has 0 bridgehead atoms. The lowest BCUT2D eigenvalue weighted by Gasteiger charge is -2.60. The number of fused-ring (bicyclic) bond motifs is 1. The van der Waals surface area contributed by atoms with E-state index in [4.69, 9.17) is 4.52 Å². The maximum absolute atomic E-state index is 13.2. The number of aromatic nitrogens is 4. The van der Waals surface area contributed by atoms with Crippen molar-refractivity contribution in [2.45, 2.75) is 32.0 Å². The molecule has 0 atom stereocenters. The molecule has 1 saturated carbocycles. The second-order valence-corrected chi connectivity index (χ2v) is 10.4. The lowest BCUT2D eigenvalue weighted by molar-refractivity contribution is -0.137. The van der Waals surface area contributed by atoms with Gasteiger partial charge in [0, 0.05) is 55.6 Å². The number of rotatable bonds is 4. The summed E-state index contributed by atoms with van der Waals surface area (Å²) in [7, 11) is 1.61. The van der Waals surface area contributed by atoms with E-state index >= 15 is 0 Å². The summed E-state index contributed by atoms with van der Waals surface area (Å²) < 4.78 is 45.7. The Morgan fingerprint density at radius 1 is 1.15 bits per heavy atom. The van der Waals surface area contributed by atoms with Gasteiger partial charge in [0.05, 0.1) is 40.4 Å². The highest BCUT2D eigenvalue weighted by molar-refractivity contribution is 6.01. The Kier molecular flexibility index (Phi) is 5.63. The number of pyridine rings is 2. The summed E-state index contributed by atoms with van der Waals surface area (Å²) in [6.45, 7) is 2.98. The first-order valence-corrected chi connectivity index (χ1v) is 12.3. The minimum Gasteiger partial charge on any atom is -0.356 e. The molecule has 39 heavy (non-hydrogen) atoms. The fraction of sp³-hybridized carbons (Fsp3) is 0.346. The molecule has 6 rings (SSSR count). The smallest absolute Gasteiger partial charge is 0.356 e. The number of hydrogen-bond donors (Lipinski definition) is 1. The number of urea groups is 1. The number of nitrogens with one attached hydrogen (secondary N) is 1. The number of nitrogens with zero attached hydrogens (tertiary/aromatic N) is 6. The molecule has 13 heteroatoms. The van der Waals surface area contributed by atoms with Crippen LogP contribution in [0.2, 0.25) is 0 Å². The van der Waals surface area contributed by atoms with Crippen molar-refractivity contribution in [3.63, 3.8) is 0 Å². The van der Waals surface area contributed by atoms with Crippen LogP contribution in [0.15, 0.2) is 53.6 Å². The Morgan fingerprint density at radius 2 is 1.92 bits per heavy atom. The number of likely N-dealkylation sites (tertiary alicyclic amines) is 1. The number of halogens is 3. The molecule has 1 aliphatic carbocycles. The molecule has 4 aromatic heterocycles. The van der Waals surface area contributed by atoms with Gasteiger partial charge in [-0.3, -0.25) is 9.78 Å². The van der Waals surface area contributed by atoms with E-state index in [0.717, 1.165) is 17.3 Å². The van der Waals surface area contributed by atoms with Gasteiger partial charge in [0.25, 0.3) is 5.91 Å². The van der Waals surface area contributed by atoms with E-state index in [1.807, 2.05) is 25.1 Å². The number of alkyl halides is 3. The van der Waals surface area contributed by atoms with Crippen molar-refractivity contribution in [1.29, 1.82) is 0 Å². The second-order valence-electron chi connectivity index (χ2n) is 10.4. The Morgan fingerprint density at radius 3 is 2.62 bits per heavy atom. The van der Waals surface area contributed by atoms with Gasteiger partial charge in [0.1, 0.15) is 0 Å². The zero-order valence-corrected chi connectivity index (χ0v) is 21.1. The van der Waals surface area contributed by atoms with Crippen LogP contribution in [0.25, 0.3) is 16.8 Å². The van der Waals surface area contributed by atoms with Crippen molar-refractivity contribution in [2.75, 3.05) is 25.5 Å². The molecule has 0 aromatic carbocycles. The quantitative estimate of drug-likeness (QED) is 0.410. The molecule has 202 valence electrons. The first-order valence-electron chi connectivity index (χ1n) is 12.3. The fourth-order valence-electron chi connectivity index (χ4n) is 5.38. The predicted octanol–water partition coefficient (Wildman–Crippen LogP) is 4.48. The molecule has 5 heterocycles. The van der Waals surface area contributed by atoms with Crippen LogP contribution in [-0.2, 0) is 6.18 Å². The SMILES string of the molecule is Cc1cc(-c2ccc3c(C(=O)N4CC5(CC(N(C)C(=O)Nc6cncc(C(F)(F)F)c6)C5)C4)cnn3c2)on1. The maximum atomic E-state index is 13.2. The molecule has 2 fully saturated rings. The number of hydrogen-bond acceptors (Lipinski definition) is 6.